The predicted molar refractivity (Wildman–Crippen MR) is 70.6 cm³/mol. The molecule has 1 fully saturated rings. The largest absolute Gasteiger partial charge is 0.391 e. The van der Waals surface area contributed by atoms with Crippen molar-refractivity contribution >= 4 is 11.3 Å². The molecule has 1 saturated carbocycles. The topological polar surface area (TPSA) is 38.0 Å². The third-order valence-corrected chi connectivity index (χ3v) is 4.82. The molecule has 3 unspecified atom stereocenters. The molecule has 2 rings (SSSR count). The fraction of sp³-hybridized carbons (Fsp3) is 0.692. The van der Waals surface area contributed by atoms with Crippen LogP contribution in [0.2, 0.25) is 0 Å². The Bertz CT molecular complexity index is 416. The highest BCUT2D eigenvalue weighted by atomic mass is 32.1. The zero-order valence-corrected chi connectivity index (χ0v) is 11.7. The number of hydrazine groups is 1. The van der Waals surface area contributed by atoms with Crippen LogP contribution < -0.4 is 11.3 Å². The first-order valence-electron chi connectivity index (χ1n) is 6.49. The molecule has 1 aliphatic carbocycles. The second kappa shape index (κ2) is 5.81. The van der Waals surface area contributed by atoms with Crippen molar-refractivity contribution in [1.29, 1.82) is 0 Å². The Kier molecular flexibility index (Phi) is 4.53. The van der Waals surface area contributed by atoms with E-state index in [4.69, 9.17) is 5.84 Å². The Morgan fingerprint density at radius 3 is 2.68 bits per heavy atom. The lowest BCUT2D eigenvalue weighted by Crippen LogP contribution is -2.38. The monoisotopic (exact) mass is 292 g/mol. The van der Waals surface area contributed by atoms with Crippen LogP contribution in [0, 0.1) is 18.8 Å². The van der Waals surface area contributed by atoms with Crippen LogP contribution in [-0.2, 0) is 0 Å². The van der Waals surface area contributed by atoms with E-state index in [1.165, 1.54) is 0 Å². The number of hydrogen-bond donors (Lipinski definition) is 2. The lowest BCUT2D eigenvalue weighted by atomic mass is 9.76. The summed E-state index contributed by atoms with van der Waals surface area (Å²) in [6.07, 6.45) is -2.23. The summed E-state index contributed by atoms with van der Waals surface area (Å²) < 4.78 is 38.5. The van der Waals surface area contributed by atoms with Crippen LogP contribution in [0.15, 0.2) is 11.4 Å². The second-order valence-electron chi connectivity index (χ2n) is 5.30. The van der Waals surface area contributed by atoms with Crippen molar-refractivity contribution in [3.63, 3.8) is 0 Å². The summed E-state index contributed by atoms with van der Waals surface area (Å²) in [6.45, 7) is 1.99. The van der Waals surface area contributed by atoms with Gasteiger partial charge < -0.3 is 0 Å². The Balaban J connectivity index is 2.10. The fourth-order valence-electron chi connectivity index (χ4n) is 2.96. The SMILES string of the molecule is Cc1cc(C(NN)C2CCCC(C(F)(F)F)C2)cs1. The quantitative estimate of drug-likeness (QED) is 0.654. The number of thiophene rings is 1. The van der Waals surface area contributed by atoms with Gasteiger partial charge in [-0.15, -0.1) is 11.3 Å². The van der Waals surface area contributed by atoms with E-state index in [2.05, 4.69) is 5.43 Å². The number of hydrogen-bond acceptors (Lipinski definition) is 3. The first kappa shape index (κ1) is 14.8. The molecule has 0 bridgehead atoms. The van der Waals surface area contributed by atoms with Crippen molar-refractivity contribution in [3.8, 4) is 0 Å². The van der Waals surface area contributed by atoms with E-state index in [1.54, 1.807) is 11.3 Å². The van der Waals surface area contributed by atoms with Crippen LogP contribution in [0.5, 0.6) is 0 Å². The van der Waals surface area contributed by atoms with Crippen LogP contribution in [0.3, 0.4) is 0 Å². The highest BCUT2D eigenvalue weighted by Crippen LogP contribution is 2.44. The highest BCUT2D eigenvalue weighted by Gasteiger charge is 2.43. The van der Waals surface area contributed by atoms with E-state index >= 15 is 0 Å². The zero-order valence-electron chi connectivity index (χ0n) is 10.8. The average molecular weight is 292 g/mol. The van der Waals surface area contributed by atoms with Crippen molar-refractivity contribution < 1.29 is 13.2 Å². The molecule has 1 aliphatic rings. The molecule has 1 aromatic heterocycles. The van der Waals surface area contributed by atoms with Gasteiger partial charge in [-0.1, -0.05) is 6.42 Å². The summed E-state index contributed by atoms with van der Waals surface area (Å²) in [6, 6.07) is 1.84. The third kappa shape index (κ3) is 3.49. The minimum Gasteiger partial charge on any atom is -0.271 e. The first-order valence-corrected chi connectivity index (χ1v) is 7.37. The third-order valence-electron chi connectivity index (χ3n) is 3.94. The fourth-order valence-corrected chi connectivity index (χ4v) is 3.70. The zero-order chi connectivity index (χ0) is 14.0. The van der Waals surface area contributed by atoms with Crippen LogP contribution in [0.1, 0.15) is 42.2 Å². The lowest BCUT2D eigenvalue weighted by Gasteiger charge is -2.34. The number of aryl methyl sites for hydroxylation is 1. The van der Waals surface area contributed by atoms with E-state index in [-0.39, 0.29) is 24.8 Å². The molecule has 1 heterocycles. The summed E-state index contributed by atoms with van der Waals surface area (Å²) in [5, 5.41) is 1.98. The summed E-state index contributed by atoms with van der Waals surface area (Å²) in [5.41, 5.74) is 3.72. The first-order chi connectivity index (χ1) is 8.91. The second-order valence-corrected chi connectivity index (χ2v) is 6.42. The lowest BCUT2D eigenvalue weighted by molar-refractivity contribution is -0.186. The maximum Gasteiger partial charge on any atom is 0.391 e. The van der Waals surface area contributed by atoms with E-state index < -0.39 is 12.1 Å². The minimum atomic E-state index is -4.08. The molecule has 0 radical (unpaired) electrons. The number of nitrogens with one attached hydrogen (secondary N) is 1. The number of halogens is 3. The van der Waals surface area contributed by atoms with Crippen molar-refractivity contribution in [2.45, 2.75) is 44.8 Å². The number of nitrogens with two attached hydrogens (primary N) is 1. The summed E-state index contributed by atoms with van der Waals surface area (Å²) in [7, 11) is 0. The highest BCUT2D eigenvalue weighted by molar-refractivity contribution is 7.10. The van der Waals surface area contributed by atoms with Gasteiger partial charge in [-0.3, -0.25) is 11.3 Å². The maximum atomic E-state index is 12.8. The van der Waals surface area contributed by atoms with Gasteiger partial charge in [0.25, 0.3) is 0 Å². The molecular weight excluding hydrogens is 273 g/mol. The van der Waals surface area contributed by atoms with Gasteiger partial charge in [0.05, 0.1) is 5.92 Å². The standard InChI is InChI=1S/C13H19F3N2S/c1-8-5-10(7-19-8)12(18-17)9-3-2-4-11(6-9)13(14,15)16/h5,7,9,11-12,18H,2-4,6,17H2,1H3. The van der Waals surface area contributed by atoms with E-state index in [9.17, 15) is 13.2 Å². The van der Waals surface area contributed by atoms with Gasteiger partial charge in [-0.2, -0.15) is 13.2 Å². The van der Waals surface area contributed by atoms with Gasteiger partial charge in [0.2, 0.25) is 0 Å². The summed E-state index contributed by atoms with van der Waals surface area (Å²) >= 11 is 1.60. The molecule has 0 aromatic carbocycles. The van der Waals surface area contributed by atoms with Gasteiger partial charge in [0.1, 0.15) is 0 Å². The molecule has 19 heavy (non-hydrogen) atoms. The predicted octanol–water partition coefficient (Wildman–Crippen LogP) is 3.93. The molecule has 108 valence electrons. The number of alkyl halides is 3. The van der Waals surface area contributed by atoms with Gasteiger partial charge in [0, 0.05) is 10.9 Å². The summed E-state index contributed by atoms with van der Waals surface area (Å²) in [4.78, 5) is 1.15. The Hall–Kier alpha value is -0.590. The van der Waals surface area contributed by atoms with Crippen molar-refractivity contribution in [3.05, 3.63) is 21.9 Å². The van der Waals surface area contributed by atoms with Crippen LogP contribution in [0.4, 0.5) is 13.2 Å². The van der Waals surface area contributed by atoms with Gasteiger partial charge >= 0.3 is 6.18 Å². The molecular formula is C13H19F3N2S. The van der Waals surface area contributed by atoms with Crippen molar-refractivity contribution in [2.75, 3.05) is 0 Å². The van der Waals surface area contributed by atoms with Crippen LogP contribution in [0.25, 0.3) is 0 Å². The molecule has 0 amide bonds. The average Bonchev–Trinajstić information content (AvgIpc) is 2.76. The Morgan fingerprint density at radius 2 is 2.16 bits per heavy atom. The van der Waals surface area contributed by atoms with E-state index in [1.807, 2.05) is 18.4 Å². The smallest absolute Gasteiger partial charge is 0.271 e. The summed E-state index contributed by atoms with van der Waals surface area (Å²) in [5.74, 6) is 4.35. The van der Waals surface area contributed by atoms with E-state index in [0.717, 1.165) is 16.9 Å². The molecule has 1 aromatic rings. The molecule has 3 N–H and O–H groups in total. The normalized spacial score (nSPS) is 26.4. The Labute approximate surface area is 115 Å². The van der Waals surface area contributed by atoms with Crippen molar-refractivity contribution in [2.24, 2.45) is 17.7 Å². The molecule has 0 spiro atoms. The minimum absolute atomic E-state index is 0.0422. The molecule has 0 saturated heterocycles. The Morgan fingerprint density at radius 1 is 1.42 bits per heavy atom. The van der Waals surface area contributed by atoms with Crippen LogP contribution >= 0.6 is 11.3 Å². The van der Waals surface area contributed by atoms with Gasteiger partial charge in [0.15, 0.2) is 0 Å². The van der Waals surface area contributed by atoms with Gasteiger partial charge in [-0.05, 0) is 49.1 Å². The van der Waals surface area contributed by atoms with Crippen LogP contribution in [-0.4, -0.2) is 6.18 Å². The molecule has 6 heteroatoms. The maximum absolute atomic E-state index is 12.8. The van der Waals surface area contributed by atoms with Crippen molar-refractivity contribution in [1.82, 2.24) is 5.43 Å². The molecule has 0 aliphatic heterocycles. The van der Waals surface area contributed by atoms with E-state index in [0.29, 0.717) is 6.42 Å². The number of rotatable bonds is 3. The molecule has 3 atom stereocenters. The van der Waals surface area contributed by atoms with Gasteiger partial charge in [-0.25, -0.2) is 0 Å². The molecule has 2 nitrogen and oxygen atoms in total.